The maximum atomic E-state index is 12.0. The molecule has 4 nitrogen and oxygen atoms in total. The first-order valence-electron chi connectivity index (χ1n) is 7.27. The first-order valence-corrected chi connectivity index (χ1v) is 7.65. The van der Waals surface area contributed by atoms with E-state index in [2.05, 4.69) is 19.2 Å². The van der Waals surface area contributed by atoms with Gasteiger partial charge in [0.2, 0.25) is 5.91 Å². The molecule has 0 saturated carbocycles. The van der Waals surface area contributed by atoms with Gasteiger partial charge in [0, 0.05) is 24.1 Å². The van der Waals surface area contributed by atoms with E-state index in [0.717, 1.165) is 12.8 Å². The molecule has 1 unspecified atom stereocenters. The summed E-state index contributed by atoms with van der Waals surface area (Å²) in [6, 6.07) is 7.18. The van der Waals surface area contributed by atoms with E-state index in [4.69, 9.17) is 22.1 Å². The minimum absolute atomic E-state index is 0.104. The molecule has 118 valence electrons. The molecule has 1 aromatic rings. The molecule has 0 aromatic heterocycles. The van der Waals surface area contributed by atoms with Crippen LogP contribution < -0.4 is 11.1 Å². The van der Waals surface area contributed by atoms with Crippen LogP contribution in [0.5, 0.6) is 0 Å². The fraction of sp³-hybridized carbons (Fsp3) is 0.562. The Hall–Kier alpha value is -1.10. The maximum absolute atomic E-state index is 12.0. The number of halogens is 1. The van der Waals surface area contributed by atoms with Crippen molar-refractivity contribution in [2.75, 3.05) is 20.3 Å². The summed E-state index contributed by atoms with van der Waals surface area (Å²) >= 11 is 5.95. The van der Waals surface area contributed by atoms with Gasteiger partial charge in [-0.2, -0.15) is 0 Å². The van der Waals surface area contributed by atoms with E-state index in [0.29, 0.717) is 11.6 Å². The molecular formula is C16H25ClN2O2. The Balaban J connectivity index is 2.81. The number of benzene rings is 1. The number of carbonyl (C=O) groups excluding carboxylic acids is 1. The SMILES string of the molecule is CCC(CC)(CNC(=O)C(N)COC)c1ccc(Cl)cc1. The van der Waals surface area contributed by atoms with Gasteiger partial charge in [0.05, 0.1) is 6.61 Å². The molecule has 0 saturated heterocycles. The minimum atomic E-state index is -0.633. The monoisotopic (exact) mass is 312 g/mol. The first kappa shape index (κ1) is 18.0. The standard InChI is InChI=1S/C16H25ClN2O2/c1-4-16(5-2,12-6-8-13(17)9-7-12)11-19-15(20)14(18)10-21-3/h6-9,14H,4-5,10-11,18H2,1-3H3,(H,19,20). The zero-order valence-corrected chi connectivity index (χ0v) is 13.7. The smallest absolute Gasteiger partial charge is 0.239 e. The van der Waals surface area contributed by atoms with Crippen LogP contribution in [0.3, 0.4) is 0 Å². The lowest BCUT2D eigenvalue weighted by atomic mass is 9.75. The first-order chi connectivity index (χ1) is 9.99. The summed E-state index contributed by atoms with van der Waals surface area (Å²) in [6.45, 7) is 5.02. The molecule has 0 aliphatic rings. The number of rotatable bonds is 8. The predicted octanol–water partition coefficient (Wildman–Crippen LogP) is 2.49. The normalized spacial score (nSPS) is 13.0. The maximum Gasteiger partial charge on any atom is 0.239 e. The molecule has 1 rings (SSSR count). The Bertz CT molecular complexity index is 444. The van der Waals surface area contributed by atoms with Gasteiger partial charge in [-0.1, -0.05) is 37.6 Å². The van der Waals surface area contributed by atoms with E-state index in [1.165, 1.54) is 12.7 Å². The number of nitrogens with two attached hydrogens (primary N) is 1. The highest BCUT2D eigenvalue weighted by atomic mass is 35.5. The van der Waals surface area contributed by atoms with Crippen LogP contribution in [0.4, 0.5) is 0 Å². The Kier molecular flexibility index (Phi) is 7.15. The second-order valence-corrected chi connectivity index (χ2v) is 5.71. The number of hydrogen-bond donors (Lipinski definition) is 2. The highest BCUT2D eigenvalue weighted by Crippen LogP contribution is 2.31. The van der Waals surface area contributed by atoms with Gasteiger partial charge < -0.3 is 15.8 Å². The van der Waals surface area contributed by atoms with Crippen molar-refractivity contribution in [3.8, 4) is 0 Å². The molecule has 3 N–H and O–H groups in total. The molecule has 0 aliphatic heterocycles. The van der Waals surface area contributed by atoms with Crippen molar-refractivity contribution < 1.29 is 9.53 Å². The van der Waals surface area contributed by atoms with E-state index >= 15 is 0 Å². The molecule has 5 heteroatoms. The van der Waals surface area contributed by atoms with Crippen molar-refractivity contribution >= 4 is 17.5 Å². The van der Waals surface area contributed by atoms with Crippen molar-refractivity contribution in [3.63, 3.8) is 0 Å². The molecule has 0 aliphatic carbocycles. The van der Waals surface area contributed by atoms with Crippen LogP contribution in [0, 0.1) is 0 Å². The van der Waals surface area contributed by atoms with Gasteiger partial charge in [0.1, 0.15) is 6.04 Å². The lowest BCUT2D eigenvalue weighted by molar-refractivity contribution is -0.123. The lowest BCUT2D eigenvalue weighted by Gasteiger charge is -2.33. The summed E-state index contributed by atoms with van der Waals surface area (Å²) in [4.78, 5) is 12.0. The average Bonchev–Trinajstić information content (AvgIpc) is 2.50. The zero-order valence-electron chi connectivity index (χ0n) is 13.0. The van der Waals surface area contributed by atoms with Gasteiger partial charge in [-0.3, -0.25) is 4.79 Å². The van der Waals surface area contributed by atoms with Crippen LogP contribution in [-0.4, -0.2) is 32.2 Å². The van der Waals surface area contributed by atoms with Crippen LogP contribution in [0.15, 0.2) is 24.3 Å². The van der Waals surface area contributed by atoms with Crippen molar-refractivity contribution in [1.82, 2.24) is 5.32 Å². The third-order valence-corrected chi connectivity index (χ3v) is 4.35. The Morgan fingerprint density at radius 1 is 1.33 bits per heavy atom. The van der Waals surface area contributed by atoms with Crippen LogP contribution in [0.2, 0.25) is 5.02 Å². The van der Waals surface area contributed by atoms with Crippen molar-refractivity contribution in [1.29, 1.82) is 0 Å². The number of amides is 1. The van der Waals surface area contributed by atoms with Gasteiger partial charge in [-0.15, -0.1) is 0 Å². The lowest BCUT2D eigenvalue weighted by Crippen LogP contribution is -2.48. The van der Waals surface area contributed by atoms with E-state index in [1.54, 1.807) is 0 Å². The Morgan fingerprint density at radius 3 is 2.38 bits per heavy atom. The molecule has 1 atom stereocenters. The second-order valence-electron chi connectivity index (χ2n) is 5.27. The van der Waals surface area contributed by atoms with Crippen LogP contribution in [0.1, 0.15) is 32.3 Å². The third kappa shape index (κ3) is 4.70. The second kappa shape index (κ2) is 8.37. The largest absolute Gasteiger partial charge is 0.383 e. The summed E-state index contributed by atoms with van der Waals surface area (Å²) in [7, 11) is 1.53. The fourth-order valence-electron chi connectivity index (χ4n) is 2.46. The Labute approximate surface area is 132 Å². The fourth-order valence-corrected chi connectivity index (χ4v) is 2.58. The zero-order chi connectivity index (χ0) is 15.9. The minimum Gasteiger partial charge on any atom is -0.383 e. The van der Waals surface area contributed by atoms with Crippen LogP contribution in [-0.2, 0) is 14.9 Å². The average molecular weight is 313 g/mol. The number of carbonyl (C=O) groups is 1. The van der Waals surface area contributed by atoms with Crippen molar-refractivity contribution in [2.24, 2.45) is 5.73 Å². The number of hydrogen-bond acceptors (Lipinski definition) is 3. The van der Waals surface area contributed by atoms with Gasteiger partial charge >= 0.3 is 0 Å². The van der Waals surface area contributed by atoms with Crippen molar-refractivity contribution in [3.05, 3.63) is 34.9 Å². The summed E-state index contributed by atoms with van der Waals surface area (Å²) in [5.74, 6) is -0.183. The molecule has 0 fully saturated rings. The molecule has 21 heavy (non-hydrogen) atoms. The number of ether oxygens (including phenoxy) is 1. The Morgan fingerprint density at radius 2 is 1.90 bits per heavy atom. The van der Waals surface area contributed by atoms with Crippen LogP contribution >= 0.6 is 11.6 Å². The molecular weight excluding hydrogens is 288 g/mol. The molecule has 0 heterocycles. The van der Waals surface area contributed by atoms with Gasteiger partial charge in [-0.05, 0) is 30.5 Å². The summed E-state index contributed by atoms with van der Waals surface area (Å²) < 4.78 is 4.91. The van der Waals surface area contributed by atoms with E-state index < -0.39 is 6.04 Å². The predicted molar refractivity (Wildman–Crippen MR) is 86.6 cm³/mol. The molecule has 0 radical (unpaired) electrons. The summed E-state index contributed by atoms with van der Waals surface area (Å²) in [6.07, 6.45) is 1.84. The highest BCUT2D eigenvalue weighted by Gasteiger charge is 2.29. The van der Waals surface area contributed by atoms with Gasteiger partial charge in [0.25, 0.3) is 0 Å². The summed E-state index contributed by atoms with van der Waals surface area (Å²) in [5, 5.41) is 3.66. The van der Waals surface area contributed by atoms with Gasteiger partial charge in [0.15, 0.2) is 0 Å². The molecule has 0 bridgehead atoms. The quantitative estimate of drug-likeness (QED) is 0.775. The highest BCUT2D eigenvalue weighted by molar-refractivity contribution is 6.30. The topological polar surface area (TPSA) is 64.4 Å². The molecule has 1 aromatic carbocycles. The van der Waals surface area contributed by atoms with Crippen LogP contribution in [0.25, 0.3) is 0 Å². The number of nitrogens with one attached hydrogen (secondary N) is 1. The molecule has 1 amide bonds. The number of methoxy groups -OCH3 is 1. The van der Waals surface area contributed by atoms with E-state index in [1.807, 2.05) is 24.3 Å². The molecule has 0 spiro atoms. The van der Waals surface area contributed by atoms with E-state index in [-0.39, 0.29) is 17.9 Å². The third-order valence-electron chi connectivity index (χ3n) is 4.09. The van der Waals surface area contributed by atoms with E-state index in [9.17, 15) is 4.79 Å². The van der Waals surface area contributed by atoms with Crippen molar-refractivity contribution in [2.45, 2.75) is 38.1 Å². The summed E-state index contributed by atoms with van der Waals surface area (Å²) in [5.41, 5.74) is 6.82. The van der Waals surface area contributed by atoms with Gasteiger partial charge in [-0.25, -0.2) is 0 Å².